The summed E-state index contributed by atoms with van der Waals surface area (Å²) in [6, 6.07) is 7.66. The van der Waals surface area contributed by atoms with Gasteiger partial charge >= 0.3 is 0 Å². The van der Waals surface area contributed by atoms with Gasteiger partial charge in [0.2, 0.25) is 0 Å². The molecule has 2 aliphatic heterocycles. The minimum atomic E-state index is -0.928. The Bertz CT molecular complexity index is 1010. The van der Waals surface area contributed by atoms with E-state index in [0.717, 1.165) is 23.4 Å². The molecule has 0 saturated carbocycles. The Kier molecular flexibility index (Phi) is 13.7. The lowest BCUT2D eigenvalue weighted by Gasteiger charge is -2.30. The largest absolute Gasteiger partial charge is 0.292 e. The Hall–Kier alpha value is -2.54. The van der Waals surface area contributed by atoms with Crippen LogP contribution in [0, 0.1) is 0 Å². The molecule has 8 heteroatoms. The third-order valence-corrected chi connectivity index (χ3v) is 7.80. The molecule has 0 N–H and O–H groups in total. The van der Waals surface area contributed by atoms with Gasteiger partial charge in [-0.05, 0) is 30.5 Å². The molecule has 1 saturated heterocycles. The van der Waals surface area contributed by atoms with Crippen molar-refractivity contribution in [2.24, 2.45) is 10.2 Å². The number of amides is 3. The molecule has 3 rings (SSSR count). The van der Waals surface area contributed by atoms with Gasteiger partial charge in [0.1, 0.15) is 5.38 Å². The molecule has 0 bridgehead atoms. The van der Waals surface area contributed by atoms with Gasteiger partial charge in [-0.2, -0.15) is 5.01 Å². The molecule has 0 aliphatic carbocycles. The van der Waals surface area contributed by atoms with Crippen LogP contribution >= 0.6 is 11.6 Å². The van der Waals surface area contributed by atoms with E-state index >= 15 is 0 Å². The van der Waals surface area contributed by atoms with Gasteiger partial charge in [-0.1, -0.05) is 115 Å². The summed E-state index contributed by atoms with van der Waals surface area (Å²) in [6.45, 7) is 2.27. The van der Waals surface area contributed by atoms with Crippen molar-refractivity contribution >= 4 is 35.0 Å². The van der Waals surface area contributed by atoms with Gasteiger partial charge in [-0.15, -0.1) is 21.8 Å². The van der Waals surface area contributed by atoms with Crippen LogP contribution < -0.4 is 5.01 Å². The molecule has 1 fully saturated rings. The zero-order valence-corrected chi connectivity index (χ0v) is 24.3. The van der Waals surface area contributed by atoms with Crippen molar-refractivity contribution in [2.75, 3.05) is 5.01 Å². The van der Waals surface area contributed by atoms with Crippen molar-refractivity contribution < 1.29 is 14.4 Å². The number of unbranched alkanes of at least 4 members (excludes halogenated alkanes) is 15. The summed E-state index contributed by atoms with van der Waals surface area (Å²) in [5.41, 5.74) is 1.68. The van der Waals surface area contributed by atoms with Crippen LogP contribution in [0.25, 0.3) is 0 Å². The minimum Gasteiger partial charge on any atom is -0.272 e. The van der Waals surface area contributed by atoms with Gasteiger partial charge in [0.05, 0.1) is 18.2 Å². The third-order valence-electron chi connectivity index (χ3n) is 7.46. The lowest BCUT2D eigenvalue weighted by molar-refractivity contribution is -0.138. The van der Waals surface area contributed by atoms with Gasteiger partial charge < -0.3 is 0 Å². The molecule has 1 aromatic carbocycles. The highest BCUT2D eigenvalue weighted by molar-refractivity contribution is 6.35. The zero-order valence-electron chi connectivity index (χ0n) is 23.6. The molecular weight excluding hydrogens is 512 g/mol. The Morgan fingerprint density at radius 2 is 1.38 bits per heavy atom. The maximum Gasteiger partial charge on any atom is 0.292 e. The van der Waals surface area contributed by atoms with E-state index in [9.17, 15) is 14.4 Å². The molecule has 7 nitrogen and oxygen atoms in total. The molecule has 0 spiro atoms. The average Bonchev–Trinajstić information content (AvgIpc) is 3.46. The van der Waals surface area contributed by atoms with Crippen molar-refractivity contribution in [3.63, 3.8) is 0 Å². The Morgan fingerprint density at radius 1 is 0.821 bits per heavy atom. The summed E-state index contributed by atoms with van der Waals surface area (Å²) >= 11 is 6.05. The van der Waals surface area contributed by atoms with Crippen LogP contribution in [0.3, 0.4) is 0 Å². The number of imide groups is 1. The maximum atomic E-state index is 12.6. The number of benzene rings is 1. The molecule has 2 aliphatic rings. The van der Waals surface area contributed by atoms with Crippen LogP contribution in [0.5, 0.6) is 0 Å². The predicted octanol–water partition coefficient (Wildman–Crippen LogP) is 8.41. The lowest BCUT2D eigenvalue weighted by atomic mass is 10.0. The minimum absolute atomic E-state index is 0.0891. The molecule has 1 aromatic rings. The zero-order chi connectivity index (χ0) is 27.9. The van der Waals surface area contributed by atoms with E-state index in [-0.39, 0.29) is 12.2 Å². The summed E-state index contributed by atoms with van der Waals surface area (Å²) < 4.78 is 0. The second kappa shape index (κ2) is 17.2. The molecule has 1 atom stereocenters. The van der Waals surface area contributed by atoms with Crippen LogP contribution in [-0.2, 0) is 20.8 Å². The molecule has 214 valence electrons. The number of hydrogen-bond donors (Lipinski definition) is 0. The third kappa shape index (κ3) is 10.2. The summed E-state index contributed by atoms with van der Waals surface area (Å²) in [5.74, 6) is -1.35. The molecule has 0 aromatic heterocycles. The number of nitrogens with zero attached hydrogens (tertiary/aromatic N) is 4. The molecule has 2 heterocycles. The van der Waals surface area contributed by atoms with E-state index in [2.05, 4.69) is 17.2 Å². The van der Waals surface area contributed by atoms with E-state index < -0.39 is 23.1 Å². The van der Waals surface area contributed by atoms with Gasteiger partial charge in [0.25, 0.3) is 17.7 Å². The normalized spacial score (nSPS) is 17.0. The summed E-state index contributed by atoms with van der Waals surface area (Å²) in [6.07, 6.45) is 23.4. The number of alkyl halides is 1. The number of aryl methyl sites for hydroxylation is 1. The van der Waals surface area contributed by atoms with Crippen LogP contribution in [0.2, 0.25) is 0 Å². The van der Waals surface area contributed by atoms with Gasteiger partial charge in [-0.25, -0.2) is 5.01 Å². The van der Waals surface area contributed by atoms with E-state index in [1.807, 2.05) is 18.2 Å². The highest BCUT2D eigenvalue weighted by Crippen LogP contribution is 2.31. The quantitative estimate of drug-likeness (QED) is 0.0916. The number of carbonyl (C=O) groups is 3. The predicted molar refractivity (Wildman–Crippen MR) is 156 cm³/mol. The first-order valence-corrected chi connectivity index (χ1v) is 15.5. The first-order chi connectivity index (χ1) is 19.0. The molecule has 1 unspecified atom stereocenters. The number of azo groups is 1. The fourth-order valence-electron chi connectivity index (χ4n) is 5.24. The SMILES string of the molecule is CCCCCCCCCCCCCCCCCCc1cccc(N(C2=CC(=O)N=N2)N2C(=O)CC(Cl)C2=O)c1. The van der Waals surface area contributed by atoms with Crippen LogP contribution in [0.4, 0.5) is 5.69 Å². The van der Waals surface area contributed by atoms with E-state index in [4.69, 9.17) is 11.6 Å². The second-order valence-electron chi connectivity index (χ2n) is 10.8. The van der Waals surface area contributed by atoms with Crippen LogP contribution in [-0.4, -0.2) is 28.1 Å². The maximum absolute atomic E-state index is 12.6. The van der Waals surface area contributed by atoms with Crippen molar-refractivity contribution in [3.8, 4) is 0 Å². The Balaban J connectivity index is 1.34. The fraction of sp³-hybridized carbons (Fsp3) is 0.645. The first kappa shape index (κ1) is 31.0. The number of hydrazine groups is 1. The van der Waals surface area contributed by atoms with Gasteiger partial charge in [-0.3, -0.25) is 14.4 Å². The van der Waals surface area contributed by atoms with Crippen LogP contribution in [0.15, 0.2) is 46.4 Å². The van der Waals surface area contributed by atoms with Crippen molar-refractivity contribution in [3.05, 3.63) is 41.7 Å². The molecule has 39 heavy (non-hydrogen) atoms. The van der Waals surface area contributed by atoms with Crippen molar-refractivity contribution in [1.29, 1.82) is 0 Å². The summed E-state index contributed by atoms with van der Waals surface area (Å²) in [4.78, 5) is 36.9. The number of rotatable bonds is 20. The molecular formula is C31H45ClN4O3. The van der Waals surface area contributed by atoms with E-state index in [1.54, 1.807) is 6.07 Å². The fourth-order valence-corrected chi connectivity index (χ4v) is 5.46. The Labute approximate surface area is 239 Å². The average molecular weight is 557 g/mol. The Morgan fingerprint density at radius 3 is 1.87 bits per heavy atom. The van der Waals surface area contributed by atoms with Crippen molar-refractivity contribution in [1.82, 2.24) is 5.01 Å². The highest BCUT2D eigenvalue weighted by atomic mass is 35.5. The van der Waals surface area contributed by atoms with Crippen LogP contribution in [0.1, 0.15) is 122 Å². The monoisotopic (exact) mass is 556 g/mol. The summed E-state index contributed by atoms with van der Waals surface area (Å²) in [7, 11) is 0. The lowest BCUT2D eigenvalue weighted by Crippen LogP contribution is -2.46. The molecule has 0 radical (unpaired) electrons. The number of hydrogen-bond acceptors (Lipinski definition) is 5. The van der Waals surface area contributed by atoms with E-state index in [0.29, 0.717) is 5.69 Å². The topological polar surface area (TPSA) is 82.4 Å². The number of anilines is 1. The van der Waals surface area contributed by atoms with Gasteiger partial charge in [0.15, 0.2) is 5.82 Å². The van der Waals surface area contributed by atoms with Crippen molar-refractivity contribution in [2.45, 2.75) is 128 Å². The van der Waals surface area contributed by atoms with Gasteiger partial charge in [0, 0.05) is 0 Å². The number of halogens is 1. The highest BCUT2D eigenvalue weighted by Gasteiger charge is 2.43. The standard InChI is InChI=1S/C31H45ClN4O3/c1-2-3-4-5-6-7-8-9-10-11-12-13-14-15-16-17-19-25-20-18-21-26(22-25)35(28-24-29(37)34-33-28)36-30(38)23-27(32)31(36)39/h18,20-22,24,27H,2-17,19,23H2,1H3. The number of carbonyl (C=O) groups excluding carboxylic acids is 3. The second-order valence-corrected chi connectivity index (χ2v) is 11.3. The molecule has 3 amide bonds. The van der Waals surface area contributed by atoms with E-state index in [1.165, 1.54) is 107 Å². The first-order valence-electron chi connectivity index (χ1n) is 15.1. The smallest absolute Gasteiger partial charge is 0.272 e. The summed E-state index contributed by atoms with van der Waals surface area (Å²) in [5, 5.41) is 8.82.